The van der Waals surface area contributed by atoms with E-state index in [0.717, 1.165) is 29.5 Å². The van der Waals surface area contributed by atoms with Crippen molar-refractivity contribution in [3.8, 4) is 5.75 Å². The summed E-state index contributed by atoms with van der Waals surface area (Å²) in [6.45, 7) is 14.6. The second kappa shape index (κ2) is 10.0. The summed E-state index contributed by atoms with van der Waals surface area (Å²) in [5, 5.41) is 11.5. The maximum absolute atomic E-state index is 13.3. The van der Waals surface area contributed by atoms with Crippen molar-refractivity contribution in [3.05, 3.63) is 70.3 Å². The maximum Gasteiger partial charge on any atom is 0.295 e. The van der Waals surface area contributed by atoms with Gasteiger partial charge in [-0.2, -0.15) is 0 Å². The van der Waals surface area contributed by atoms with Crippen molar-refractivity contribution in [1.29, 1.82) is 0 Å². The van der Waals surface area contributed by atoms with Crippen LogP contribution in [0.25, 0.3) is 5.76 Å². The normalized spacial score (nSPS) is 18.1. The Morgan fingerprint density at radius 2 is 1.82 bits per heavy atom. The summed E-state index contributed by atoms with van der Waals surface area (Å²) in [6, 6.07) is 12.7. The van der Waals surface area contributed by atoms with E-state index in [1.54, 1.807) is 4.90 Å². The minimum Gasteiger partial charge on any atom is -0.507 e. The third-order valence-corrected chi connectivity index (χ3v) is 6.20. The fourth-order valence-electron chi connectivity index (χ4n) is 4.30. The number of Topliss-reactive ketones (excluding diaryl/α,β-unsaturated/α-hetero) is 1. The third-order valence-electron chi connectivity index (χ3n) is 6.20. The van der Waals surface area contributed by atoms with Gasteiger partial charge in [0.05, 0.1) is 17.7 Å². The molecule has 0 radical (unpaired) electrons. The van der Waals surface area contributed by atoms with Crippen LogP contribution in [0.4, 0.5) is 0 Å². The van der Waals surface area contributed by atoms with Gasteiger partial charge in [-0.3, -0.25) is 9.59 Å². The fourth-order valence-corrected chi connectivity index (χ4v) is 4.30. The van der Waals surface area contributed by atoms with Crippen LogP contribution in [0.15, 0.2) is 48.0 Å². The Bertz CT molecular complexity index is 1110. The number of hydrogen-bond acceptors (Lipinski definition) is 4. The van der Waals surface area contributed by atoms with Crippen LogP contribution < -0.4 is 4.74 Å². The smallest absolute Gasteiger partial charge is 0.295 e. The van der Waals surface area contributed by atoms with Crippen LogP contribution in [0, 0.1) is 6.92 Å². The van der Waals surface area contributed by atoms with Gasteiger partial charge in [-0.25, -0.2) is 0 Å². The van der Waals surface area contributed by atoms with E-state index in [1.807, 2.05) is 70.2 Å². The van der Waals surface area contributed by atoms with Crippen LogP contribution in [0.1, 0.15) is 82.7 Å². The van der Waals surface area contributed by atoms with Gasteiger partial charge in [0.25, 0.3) is 11.7 Å². The number of aliphatic hydroxyl groups excluding tert-OH is 1. The average Bonchev–Trinajstić information content (AvgIpc) is 3.01. The van der Waals surface area contributed by atoms with Gasteiger partial charge >= 0.3 is 0 Å². The van der Waals surface area contributed by atoms with E-state index in [2.05, 4.69) is 20.8 Å². The van der Waals surface area contributed by atoms with Crippen LogP contribution in [0.5, 0.6) is 5.75 Å². The zero-order valence-corrected chi connectivity index (χ0v) is 21.4. The van der Waals surface area contributed by atoms with Gasteiger partial charge in [0, 0.05) is 12.1 Å². The zero-order valence-electron chi connectivity index (χ0n) is 21.4. The standard InChI is InChI=1S/C29H37NO4/c1-8-9-15-30-25(20-11-10-12-22(16-20)34-18(2)3)24(27(32)28(30)33)26(31)23-17-21(29(5,6)7)14-13-19(23)4/h10-14,16-18,25,31H,8-9,15H2,1-7H3/b26-24+. The second-order valence-electron chi connectivity index (χ2n) is 10.4. The summed E-state index contributed by atoms with van der Waals surface area (Å²) in [4.78, 5) is 28.0. The van der Waals surface area contributed by atoms with Crippen molar-refractivity contribution in [2.45, 2.75) is 78.9 Å². The SMILES string of the molecule is CCCCN1C(=O)C(=O)/C(=C(/O)c2cc(C(C)(C)C)ccc2C)C1c1cccc(OC(C)C)c1. The number of likely N-dealkylation sites (tertiary alicyclic amines) is 1. The number of aliphatic hydroxyl groups is 1. The molecule has 5 nitrogen and oxygen atoms in total. The lowest BCUT2D eigenvalue weighted by molar-refractivity contribution is -0.139. The van der Waals surface area contributed by atoms with Crippen molar-refractivity contribution in [3.63, 3.8) is 0 Å². The highest BCUT2D eigenvalue weighted by molar-refractivity contribution is 6.46. The lowest BCUT2D eigenvalue weighted by Crippen LogP contribution is -2.30. The molecule has 1 atom stereocenters. The molecule has 2 aromatic rings. The molecule has 0 spiro atoms. The third kappa shape index (κ3) is 5.19. The molecular weight excluding hydrogens is 426 g/mol. The molecule has 3 rings (SSSR count). The lowest BCUT2D eigenvalue weighted by atomic mass is 9.84. The molecule has 1 fully saturated rings. The molecule has 5 heteroatoms. The molecule has 182 valence electrons. The number of nitrogens with zero attached hydrogens (tertiary/aromatic N) is 1. The molecule has 0 aliphatic carbocycles. The van der Waals surface area contributed by atoms with Crippen molar-refractivity contribution < 1.29 is 19.4 Å². The monoisotopic (exact) mass is 463 g/mol. The van der Waals surface area contributed by atoms with E-state index < -0.39 is 17.7 Å². The second-order valence-corrected chi connectivity index (χ2v) is 10.4. The first-order valence-electron chi connectivity index (χ1n) is 12.1. The molecule has 2 aromatic carbocycles. The van der Waals surface area contributed by atoms with Crippen molar-refractivity contribution >= 4 is 17.4 Å². The van der Waals surface area contributed by atoms with Gasteiger partial charge < -0.3 is 14.7 Å². The molecular formula is C29H37NO4. The summed E-state index contributed by atoms with van der Waals surface area (Å²) in [5.74, 6) is -0.672. The molecule has 0 bridgehead atoms. The summed E-state index contributed by atoms with van der Waals surface area (Å²) in [7, 11) is 0. The van der Waals surface area contributed by atoms with E-state index in [9.17, 15) is 14.7 Å². The van der Waals surface area contributed by atoms with Gasteiger partial charge in [0.2, 0.25) is 0 Å². The molecule has 0 saturated carbocycles. The Balaban J connectivity index is 2.22. The number of carbonyl (C=O) groups is 2. The fraction of sp³-hybridized carbons (Fsp3) is 0.448. The average molecular weight is 464 g/mol. The van der Waals surface area contributed by atoms with Crippen molar-refractivity contribution in [2.75, 3.05) is 6.54 Å². The molecule has 1 aliphatic rings. The van der Waals surface area contributed by atoms with E-state index >= 15 is 0 Å². The van der Waals surface area contributed by atoms with E-state index in [4.69, 9.17) is 4.74 Å². The van der Waals surface area contributed by atoms with Crippen LogP contribution in [-0.4, -0.2) is 34.3 Å². The Labute approximate surface area is 203 Å². The topological polar surface area (TPSA) is 66.8 Å². The van der Waals surface area contributed by atoms with Crippen LogP contribution in [-0.2, 0) is 15.0 Å². The maximum atomic E-state index is 13.3. The first-order chi connectivity index (χ1) is 16.0. The largest absolute Gasteiger partial charge is 0.507 e. The van der Waals surface area contributed by atoms with Gasteiger partial charge in [0.15, 0.2) is 0 Å². The Hall–Kier alpha value is -3.08. The molecule has 1 aliphatic heterocycles. The van der Waals surface area contributed by atoms with Crippen molar-refractivity contribution in [1.82, 2.24) is 4.90 Å². The van der Waals surface area contributed by atoms with E-state index in [0.29, 0.717) is 17.9 Å². The highest BCUT2D eigenvalue weighted by atomic mass is 16.5. The van der Waals surface area contributed by atoms with Crippen LogP contribution in [0.3, 0.4) is 0 Å². The minimum atomic E-state index is -0.667. The summed E-state index contributed by atoms with van der Waals surface area (Å²) in [5.41, 5.74) is 3.24. The number of ether oxygens (including phenoxy) is 1. The van der Waals surface area contributed by atoms with Gasteiger partial charge in [-0.15, -0.1) is 0 Å². The molecule has 1 heterocycles. The highest BCUT2D eigenvalue weighted by Crippen LogP contribution is 2.41. The summed E-state index contributed by atoms with van der Waals surface area (Å²) in [6.07, 6.45) is 1.65. The molecule has 1 unspecified atom stereocenters. The minimum absolute atomic E-state index is 0.00973. The van der Waals surface area contributed by atoms with Gasteiger partial charge in [0.1, 0.15) is 11.5 Å². The van der Waals surface area contributed by atoms with Gasteiger partial charge in [-0.05, 0) is 67.5 Å². The zero-order chi connectivity index (χ0) is 25.2. The Morgan fingerprint density at radius 3 is 2.44 bits per heavy atom. The molecule has 1 amide bonds. The Kier molecular flexibility index (Phi) is 7.54. The summed E-state index contributed by atoms with van der Waals surface area (Å²) >= 11 is 0. The Morgan fingerprint density at radius 1 is 1.12 bits per heavy atom. The van der Waals surface area contributed by atoms with E-state index in [-0.39, 0.29) is 22.9 Å². The molecule has 1 N–H and O–H groups in total. The summed E-state index contributed by atoms with van der Waals surface area (Å²) < 4.78 is 5.87. The number of rotatable bonds is 7. The molecule has 34 heavy (non-hydrogen) atoms. The number of unbranched alkanes of at least 4 members (excludes halogenated alkanes) is 1. The first kappa shape index (κ1) is 25.5. The molecule has 0 aromatic heterocycles. The first-order valence-corrected chi connectivity index (χ1v) is 12.1. The predicted molar refractivity (Wildman–Crippen MR) is 136 cm³/mol. The number of ketones is 1. The molecule has 1 saturated heterocycles. The number of amides is 1. The van der Waals surface area contributed by atoms with Crippen molar-refractivity contribution in [2.24, 2.45) is 0 Å². The number of benzene rings is 2. The predicted octanol–water partition coefficient (Wildman–Crippen LogP) is 6.30. The number of hydrogen-bond donors (Lipinski definition) is 1. The lowest BCUT2D eigenvalue weighted by Gasteiger charge is -2.26. The van der Waals surface area contributed by atoms with Gasteiger partial charge in [-0.1, -0.05) is 58.4 Å². The highest BCUT2D eigenvalue weighted by Gasteiger charge is 2.46. The number of aryl methyl sites for hydroxylation is 1. The van der Waals surface area contributed by atoms with Crippen LogP contribution >= 0.6 is 0 Å². The van der Waals surface area contributed by atoms with Crippen LogP contribution in [0.2, 0.25) is 0 Å². The quantitative estimate of drug-likeness (QED) is 0.297. The van der Waals surface area contributed by atoms with E-state index in [1.165, 1.54) is 0 Å². The number of carbonyl (C=O) groups excluding carboxylic acids is 2.